The number of thiophene rings is 2. The summed E-state index contributed by atoms with van der Waals surface area (Å²) in [5.74, 6) is -1.01. The summed E-state index contributed by atoms with van der Waals surface area (Å²) in [6.45, 7) is 3.74. The Morgan fingerprint density at radius 3 is 2.33 bits per heavy atom. The number of amides is 1. The summed E-state index contributed by atoms with van der Waals surface area (Å²) in [5.41, 5.74) is 4.27. The van der Waals surface area contributed by atoms with Crippen molar-refractivity contribution in [2.45, 2.75) is 26.8 Å². The number of aromatic nitrogens is 2. The first-order valence-corrected chi connectivity index (χ1v) is 14.4. The van der Waals surface area contributed by atoms with Gasteiger partial charge in [0.1, 0.15) is 21.9 Å². The van der Waals surface area contributed by atoms with Crippen LogP contribution in [0.1, 0.15) is 29.8 Å². The molecule has 0 atom stereocenters. The Balaban J connectivity index is 1.44. The topological polar surface area (TPSA) is 90.3 Å². The molecule has 0 aliphatic carbocycles. The predicted molar refractivity (Wildman–Crippen MR) is 158 cm³/mol. The van der Waals surface area contributed by atoms with E-state index in [1.165, 1.54) is 39.1 Å². The van der Waals surface area contributed by atoms with Crippen molar-refractivity contribution in [2.75, 3.05) is 11.9 Å². The highest BCUT2D eigenvalue weighted by Crippen LogP contribution is 2.37. The Kier molecular flexibility index (Phi) is 7.92. The van der Waals surface area contributed by atoms with Crippen LogP contribution in [-0.2, 0) is 22.5 Å². The summed E-state index contributed by atoms with van der Waals surface area (Å²) in [4.78, 5) is 44.4. The molecule has 0 spiro atoms. The molecule has 5 rings (SSSR count). The van der Waals surface area contributed by atoms with Crippen molar-refractivity contribution in [3.05, 3.63) is 92.1 Å². The number of benzene rings is 2. The van der Waals surface area contributed by atoms with Crippen molar-refractivity contribution in [2.24, 2.45) is 0 Å². The third kappa shape index (κ3) is 5.52. The molecule has 5 aromatic rings. The maximum atomic E-state index is 13.4. The number of anilines is 1. The van der Waals surface area contributed by atoms with Crippen molar-refractivity contribution < 1.29 is 14.3 Å². The molecule has 3 heterocycles. The van der Waals surface area contributed by atoms with Crippen molar-refractivity contribution in [3.8, 4) is 22.3 Å². The number of esters is 1. The molecule has 1 N–H and O–H groups in total. The molecular formula is C29H24ClN3O4S2. The van der Waals surface area contributed by atoms with Crippen LogP contribution in [0.4, 0.5) is 5.00 Å². The number of fused-ring (bicyclic) bond motifs is 1. The van der Waals surface area contributed by atoms with Gasteiger partial charge < -0.3 is 10.1 Å². The number of aryl methyl sites for hydroxylation is 1. The first-order valence-electron chi connectivity index (χ1n) is 12.3. The van der Waals surface area contributed by atoms with Gasteiger partial charge in [0, 0.05) is 26.9 Å². The molecule has 0 aliphatic heterocycles. The van der Waals surface area contributed by atoms with Gasteiger partial charge >= 0.3 is 5.97 Å². The first-order chi connectivity index (χ1) is 18.9. The minimum absolute atomic E-state index is 0.188. The standard InChI is InChI=1S/C29H24ClN3O4S2/c1-3-17-5-7-18(8-6-17)21-14-38-26-24(21)28(35)33(16-31-26)13-23(34)32-27-25(29(36)37-4-2)22(15-39-27)19-9-11-20(30)12-10-19/h5-12,14-16H,3-4,13H2,1-2H3,(H,32,34). The van der Waals surface area contributed by atoms with E-state index in [4.69, 9.17) is 16.3 Å². The highest BCUT2D eigenvalue weighted by atomic mass is 35.5. The van der Waals surface area contributed by atoms with E-state index in [-0.39, 0.29) is 24.3 Å². The molecule has 0 aliphatic rings. The number of ether oxygens (including phenoxy) is 1. The van der Waals surface area contributed by atoms with E-state index in [0.29, 0.717) is 25.8 Å². The number of nitrogens with zero attached hydrogens (tertiary/aromatic N) is 2. The van der Waals surface area contributed by atoms with E-state index in [0.717, 1.165) is 23.1 Å². The molecule has 1 amide bonds. The summed E-state index contributed by atoms with van der Waals surface area (Å²) < 4.78 is 6.55. The molecule has 3 aromatic heterocycles. The number of carbonyl (C=O) groups excluding carboxylic acids is 2. The largest absolute Gasteiger partial charge is 0.462 e. The molecule has 0 saturated carbocycles. The lowest BCUT2D eigenvalue weighted by Crippen LogP contribution is -2.28. The van der Waals surface area contributed by atoms with Gasteiger partial charge in [-0.05, 0) is 42.2 Å². The Morgan fingerprint density at radius 2 is 1.64 bits per heavy atom. The lowest BCUT2D eigenvalue weighted by atomic mass is 10.0. The number of rotatable bonds is 8. The van der Waals surface area contributed by atoms with Gasteiger partial charge in [-0.25, -0.2) is 9.78 Å². The molecule has 198 valence electrons. The Labute approximate surface area is 237 Å². The third-order valence-corrected chi connectivity index (χ3v) is 8.26. The molecule has 0 unspecified atom stereocenters. The van der Waals surface area contributed by atoms with Crippen LogP contribution in [0.15, 0.2) is 70.4 Å². The molecule has 0 fully saturated rings. The van der Waals surface area contributed by atoms with Gasteiger partial charge in [0.25, 0.3) is 5.56 Å². The smallest absolute Gasteiger partial charge is 0.341 e. The SMILES string of the molecule is CCOC(=O)c1c(-c2ccc(Cl)cc2)csc1NC(=O)Cn1cnc2scc(-c3ccc(CC)cc3)c2c1=O. The van der Waals surface area contributed by atoms with Gasteiger partial charge in [-0.3, -0.25) is 14.2 Å². The zero-order chi connectivity index (χ0) is 27.5. The van der Waals surface area contributed by atoms with E-state index < -0.39 is 11.9 Å². The van der Waals surface area contributed by atoms with Gasteiger partial charge in [0.05, 0.1) is 18.3 Å². The van der Waals surface area contributed by atoms with Crippen LogP contribution >= 0.6 is 34.3 Å². The van der Waals surface area contributed by atoms with Crippen molar-refractivity contribution in [1.82, 2.24) is 9.55 Å². The van der Waals surface area contributed by atoms with Crippen LogP contribution in [0, 0.1) is 0 Å². The second-order valence-corrected chi connectivity index (χ2v) is 10.9. The van der Waals surface area contributed by atoms with Gasteiger partial charge in [-0.2, -0.15) is 0 Å². The minimum Gasteiger partial charge on any atom is -0.462 e. The summed E-state index contributed by atoms with van der Waals surface area (Å²) >= 11 is 8.63. The predicted octanol–water partition coefficient (Wildman–Crippen LogP) is 6.88. The van der Waals surface area contributed by atoms with Crippen molar-refractivity contribution in [1.29, 1.82) is 0 Å². The summed E-state index contributed by atoms with van der Waals surface area (Å²) in [6, 6.07) is 15.1. The zero-order valence-corrected chi connectivity index (χ0v) is 23.6. The molecule has 7 nitrogen and oxygen atoms in total. The fourth-order valence-corrected chi connectivity index (χ4v) is 6.24. The van der Waals surface area contributed by atoms with Gasteiger partial charge in [-0.15, -0.1) is 22.7 Å². The molecule has 0 bridgehead atoms. The minimum atomic E-state index is -0.545. The molecule has 0 saturated heterocycles. The first kappa shape index (κ1) is 26.8. The maximum absolute atomic E-state index is 13.4. The van der Waals surface area contributed by atoms with Gasteiger partial charge in [0.15, 0.2) is 0 Å². The maximum Gasteiger partial charge on any atom is 0.341 e. The van der Waals surface area contributed by atoms with E-state index >= 15 is 0 Å². The average molecular weight is 578 g/mol. The highest BCUT2D eigenvalue weighted by molar-refractivity contribution is 7.17. The fourth-order valence-electron chi connectivity index (χ4n) is 4.23. The van der Waals surface area contributed by atoms with Gasteiger partial charge in [0.2, 0.25) is 5.91 Å². The Morgan fingerprint density at radius 1 is 0.974 bits per heavy atom. The third-order valence-electron chi connectivity index (χ3n) is 6.23. The van der Waals surface area contributed by atoms with Crippen LogP contribution in [0.2, 0.25) is 5.02 Å². The quantitative estimate of drug-likeness (QED) is 0.203. The lowest BCUT2D eigenvalue weighted by Gasteiger charge is -2.10. The van der Waals surface area contributed by atoms with Crippen molar-refractivity contribution >= 4 is 61.4 Å². The highest BCUT2D eigenvalue weighted by Gasteiger charge is 2.23. The average Bonchev–Trinajstić information content (AvgIpc) is 3.56. The van der Waals surface area contributed by atoms with Crippen LogP contribution < -0.4 is 10.9 Å². The van der Waals surface area contributed by atoms with E-state index in [1.54, 1.807) is 36.6 Å². The zero-order valence-electron chi connectivity index (χ0n) is 21.2. The van der Waals surface area contributed by atoms with Crippen LogP contribution in [0.3, 0.4) is 0 Å². The Bertz CT molecular complexity index is 1720. The monoisotopic (exact) mass is 577 g/mol. The number of halogens is 1. The van der Waals surface area contributed by atoms with E-state index in [2.05, 4.69) is 17.2 Å². The number of hydrogen-bond acceptors (Lipinski definition) is 7. The molecule has 2 aromatic carbocycles. The molecule has 0 radical (unpaired) electrons. The van der Waals surface area contributed by atoms with Crippen LogP contribution in [0.25, 0.3) is 32.5 Å². The van der Waals surface area contributed by atoms with Crippen molar-refractivity contribution in [3.63, 3.8) is 0 Å². The Hall–Kier alpha value is -3.79. The number of nitrogens with one attached hydrogen (secondary N) is 1. The lowest BCUT2D eigenvalue weighted by molar-refractivity contribution is -0.116. The molecule has 10 heteroatoms. The van der Waals surface area contributed by atoms with Crippen LogP contribution in [0.5, 0.6) is 0 Å². The van der Waals surface area contributed by atoms with Crippen LogP contribution in [-0.4, -0.2) is 28.0 Å². The summed E-state index contributed by atoms with van der Waals surface area (Å²) in [5, 5.41) is 7.89. The second kappa shape index (κ2) is 11.5. The normalized spacial score (nSPS) is 11.1. The fraction of sp³-hybridized carbons (Fsp3) is 0.172. The number of hydrogen-bond donors (Lipinski definition) is 1. The second-order valence-electron chi connectivity index (χ2n) is 8.69. The van der Waals surface area contributed by atoms with E-state index in [9.17, 15) is 14.4 Å². The molecular weight excluding hydrogens is 554 g/mol. The van der Waals surface area contributed by atoms with E-state index in [1.807, 2.05) is 29.6 Å². The summed E-state index contributed by atoms with van der Waals surface area (Å²) in [6.07, 6.45) is 2.31. The van der Waals surface area contributed by atoms with Gasteiger partial charge in [-0.1, -0.05) is 54.9 Å². The molecule has 39 heavy (non-hydrogen) atoms. The number of carbonyl (C=O) groups is 2. The summed E-state index contributed by atoms with van der Waals surface area (Å²) in [7, 11) is 0.